The summed E-state index contributed by atoms with van der Waals surface area (Å²) in [5.74, 6) is 0.974. The van der Waals surface area contributed by atoms with Gasteiger partial charge in [-0.15, -0.1) is 0 Å². The molecule has 4 aromatic rings. The first-order chi connectivity index (χ1) is 12.9. The largest absolute Gasteiger partial charge is 0.298 e. The van der Waals surface area contributed by atoms with Crippen LogP contribution in [-0.4, -0.2) is 10.4 Å². The molecule has 0 amide bonds. The Morgan fingerprint density at radius 3 is 2.19 bits per heavy atom. The fraction of sp³-hybridized carbons (Fsp3) is 0.125. The van der Waals surface area contributed by atoms with E-state index >= 15 is 0 Å². The molecule has 2 nitrogen and oxygen atoms in total. The van der Waals surface area contributed by atoms with E-state index in [2.05, 4.69) is 66.1 Å². The van der Waals surface area contributed by atoms with Crippen molar-refractivity contribution in [3.63, 3.8) is 0 Å². The van der Waals surface area contributed by atoms with Crippen LogP contribution in [0.4, 0.5) is 5.69 Å². The highest BCUT2D eigenvalue weighted by Crippen LogP contribution is 2.24. The van der Waals surface area contributed by atoms with Gasteiger partial charge in [-0.2, -0.15) is 0 Å². The fourth-order valence-corrected chi connectivity index (χ4v) is 3.36. The van der Waals surface area contributed by atoms with Gasteiger partial charge in [0.2, 0.25) is 0 Å². The molecule has 4 rings (SSSR count). The van der Waals surface area contributed by atoms with Gasteiger partial charge in [-0.25, -0.2) is 4.99 Å². The van der Waals surface area contributed by atoms with E-state index in [1.165, 1.54) is 16.6 Å². The fourth-order valence-electron chi connectivity index (χ4n) is 3.36. The summed E-state index contributed by atoms with van der Waals surface area (Å²) in [6.45, 7) is 2.22. The monoisotopic (exact) mass is 338 g/mol. The van der Waals surface area contributed by atoms with Gasteiger partial charge in [0.25, 0.3) is 0 Å². The average Bonchev–Trinajstić information content (AvgIpc) is 3.06. The van der Waals surface area contributed by atoms with E-state index in [1.807, 2.05) is 36.4 Å². The predicted octanol–water partition coefficient (Wildman–Crippen LogP) is 6.22. The number of benzene rings is 3. The van der Waals surface area contributed by atoms with E-state index in [0.29, 0.717) is 0 Å². The van der Waals surface area contributed by atoms with Crippen LogP contribution in [0.3, 0.4) is 0 Å². The molecule has 0 unspecified atom stereocenters. The van der Waals surface area contributed by atoms with Crippen molar-refractivity contribution < 1.29 is 0 Å². The summed E-state index contributed by atoms with van der Waals surface area (Å²) >= 11 is 0. The van der Waals surface area contributed by atoms with Crippen molar-refractivity contribution in [2.24, 2.45) is 4.99 Å². The molecular weight excluding hydrogens is 316 g/mol. The lowest BCUT2D eigenvalue weighted by atomic mass is 10.2. The summed E-state index contributed by atoms with van der Waals surface area (Å²) in [5.41, 5.74) is 4.59. The van der Waals surface area contributed by atoms with Gasteiger partial charge in [-0.1, -0.05) is 80.1 Å². The minimum atomic E-state index is 0.964. The molecular formula is C24H22N2. The molecule has 0 fully saturated rings. The van der Waals surface area contributed by atoms with Crippen molar-refractivity contribution in [2.75, 3.05) is 0 Å². The van der Waals surface area contributed by atoms with Crippen molar-refractivity contribution in [1.29, 1.82) is 0 Å². The molecule has 3 aromatic carbocycles. The molecule has 0 N–H and O–H groups in total. The zero-order valence-corrected chi connectivity index (χ0v) is 15.0. The lowest BCUT2D eigenvalue weighted by Crippen LogP contribution is -2.16. The van der Waals surface area contributed by atoms with Crippen LogP contribution in [0.1, 0.15) is 24.6 Å². The van der Waals surface area contributed by atoms with E-state index < -0.39 is 0 Å². The topological polar surface area (TPSA) is 17.3 Å². The van der Waals surface area contributed by atoms with Gasteiger partial charge in [0, 0.05) is 16.6 Å². The van der Waals surface area contributed by atoms with Gasteiger partial charge < -0.3 is 0 Å². The second-order valence-electron chi connectivity index (χ2n) is 6.42. The minimum absolute atomic E-state index is 0.964. The first kappa shape index (κ1) is 16.3. The maximum Gasteiger partial charge on any atom is 0.145 e. The zero-order valence-electron chi connectivity index (χ0n) is 15.0. The molecule has 0 saturated carbocycles. The lowest BCUT2D eigenvalue weighted by Gasteiger charge is -2.14. The first-order valence-corrected chi connectivity index (χ1v) is 9.15. The molecule has 1 aromatic heterocycles. The van der Waals surface area contributed by atoms with E-state index in [4.69, 9.17) is 4.99 Å². The van der Waals surface area contributed by atoms with Crippen molar-refractivity contribution >= 4 is 22.4 Å². The van der Waals surface area contributed by atoms with Gasteiger partial charge in [-0.3, -0.25) is 4.57 Å². The molecule has 1 heterocycles. The average molecular weight is 338 g/mol. The molecule has 0 atom stereocenters. The number of nitrogens with zero attached hydrogens (tertiary/aromatic N) is 2. The van der Waals surface area contributed by atoms with Crippen molar-refractivity contribution in [3.8, 4) is 0 Å². The van der Waals surface area contributed by atoms with Crippen LogP contribution in [0, 0.1) is 0 Å². The van der Waals surface area contributed by atoms with Crippen LogP contribution in [0.2, 0.25) is 0 Å². The van der Waals surface area contributed by atoms with E-state index in [-0.39, 0.29) is 0 Å². The lowest BCUT2D eigenvalue weighted by molar-refractivity contribution is 0.868. The third-order valence-corrected chi connectivity index (χ3v) is 4.53. The number of aromatic nitrogens is 1. The Bertz CT molecular complexity index is 1030. The molecule has 26 heavy (non-hydrogen) atoms. The van der Waals surface area contributed by atoms with Crippen LogP contribution in [0.5, 0.6) is 0 Å². The highest BCUT2D eigenvalue weighted by atomic mass is 15.1. The minimum Gasteiger partial charge on any atom is -0.298 e. The Morgan fingerprint density at radius 1 is 0.808 bits per heavy atom. The smallest absolute Gasteiger partial charge is 0.145 e. The number of fused-ring (bicyclic) bond motifs is 1. The van der Waals surface area contributed by atoms with E-state index in [0.717, 1.165) is 29.9 Å². The number of hydrogen-bond acceptors (Lipinski definition) is 1. The maximum atomic E-state index is 5.04. The summed E-state index contributed by atoms with van der Waals surface area (Å²) in [4.78, 5) is 5.04. The van der Waals surface area contributed by atoms with Gasteiger partial charge in [0.15, 0.2) is 0 Å². The quantitative estimate of drug-likeness (QED) is 0.310. The van der Waals surface area contributed by atoms with Gasteiger partial charge in [-0.05, 0) is 30.7 Å². The summed E-state index contributed by atoms with van der Waals surface area (Å²) in [6.07, 6.45) is 2.12. The van der Waals surface area contributed by atoms with Crippen LogP contribution in [0.25, 0.3) is 10.9 Å². The normalized spacial score (nSPS) is 11.8. The molecule has 2 heteroatoms. The van der Waals surface area contributed by atoms with Gasteiger partial charge >= 0.3 is 0 Å². The van der Waals surface area contributed by atoms with Crippen molar-refractivity contribution in [2.45, 2.75) is 19.8 Å². The van der Waals surface area contributed by atoms with Crippen LogP contribution in [-0.2, 0) is 6.42 Å². The molecule has 0 bridgehead atoms. The molecule has 0 aliphatic rings. The van der Waals surface area contributed by atoms with Crippen molar-refractivity contribution in [1.82, 2.24) is 4.57 Å². The Labute approximate surface area is 154 Å². The molecule has 0 aliphatic carbocycles. The SMILES string of the molecule is CCCc1cc2ccccc2n1C(=Nc1ccccc1)c1ccccc1. The Kier molecular flexibility index (Phi) is 4.65. The number of aliphatic imine (C=N–C) groups is 1. The van der Waals surface area contributed by atoms with Crippen LogP contribution in [0.15, 0.2) is 96.0 Å². The molecule has 0 aliphatic heterocycles. The first-order valence-electron chi connectivity index (χ1n) is 9.15. The number of para-hydroxylation sites is 2. The number of rotatable bonds is 4. The van der Waals surface area contributed by atoms with Crippen molar-refractivity contribution in [3.05, 3.63) is 102 Å². The Hall–Kier alpha value is -3.13. The molecule has 128 valence electrons. The maximum absolute atomic E-state index is 5.04. The third-order valence-electron chi connectivity index (χ3n) is 4.53. The highest BCUT2D eigenvalue weighted by Gasteiger charge is 2.15. The zero-order chi connectivity index (χ0) is 17.8. The Morgan fingerprint density at radius 2 is 1.46 bits per heavy atom. The second-order valence-corrected chi connectivity index (χ2v) is 6.42. The number of hydrogen-bond donors (Lipinski definition) is 0. The second kappa shape index (κ2) is 7.40. The van der Waals surface area contributed by atoms with Gasteiger partial charge in [0.1, 0.15) is 5.84 Å². The standard InChI is InChI=1S/C24H22N2/c1-2-11-22-18-20-14-9-10-17-23(20)26(22)24(19-12-5-3-6-13-19)25-21-15-7-4-8-16-21/h3-10,12-18H,2,11H2,1H3. The summed E-state index contributed by atoms with van der Waals surface area (Å²) < 4.78 is 2.32. The highest BCUT2D eigenvalue weighted by molar-refractivity contribution is 6.07. The number of aryl methyl sites for hydroxylation is 1. The van der Waals surface area contributed by atoms with Gasteiger partial charge in [0.05, 0.1) is 11.2 Å². The molecule has 0 spiro atoms. The van der Waals surface area contributed by atoms with E-state index in [1.54, 1.807) is 0 Å². The van der Waals surface area contributed by atoms with Crippen LogP contribution >= 0.6 is 0 Å². The summed E-state index contributed by atoms with van der Waals surface area (Å²) in [5, 5.41) is 1.26. The molecule has 0 radical (unpaired) electrons. The molecule has 0 saturated heterocycles. The third kappa shape index (κ3) is 3.18. The Balaban J connectivity index is 2.00. The predicted molar refractivity (Wildman–Crippen MR) is 110 cm³/mol. The van der Waals surface area contributed by atoms with E-state index in [9.17, 15) is 0 Å². The summed E-state index contributed by atoms with van der Waals surface area (Å²) in [6, 6.07) is 31.5. The summed E-state index contributed by atoms with van der Waals surface area (Å²) in [7, 11) is 0. The van der Waals surface area contributed by atoms with Crippen LogP contribution < -0.4 is 0 Å².